The van der Waals surface area contributed by atoms with E-state index in [1.54, 1.807) is 11.8 Å². The highest BCUT2D eigenvalue weighted by molar-refractivity contribution is 5.81. The Morgan fingerprint density at radius 2 is 1.70 bits per heavy atom. The van der Waals surface area contributed by atoms with Crippen LogP contribution in [0, 0.1) is 11.3 Å². The molecular weight excluding hydrogens is 420 g/mol. The van der Waals surface area contributed by atoms with Crippen LogP contribution in [-0.2, 0) is 14.3 Å². The van der Waals surface area contributed by atoms with Crippen molar-refractivity contribution in [2.45, 2.75) is 32.6 Å². The van der Waals surface area contributed by atoms with E-state index in [-0.39, 0.29) is 37.3 Å². The van der Waals surface area contributed by atoms with Gasteiger partial charge in [0, 0.05) is 32.0 Å². The monoisotopic (exact) mass is 450 g/mol. The summed E-state index contributed by atoms with van der Waals surface area (Å²) in [5.41, 5.74) is 3.76. The van der Waals surface area contributed by atoms with E-state index in [2.05, 4.69) is 29.6 Å². The average molecular weight is 451 g/mol. The van der Waals surface area contributed by atoms with Gasteiger partial charge in [-0.15, -0.1) is 0 Å². The minimum absolute atomic E-state index is 0.00503. The molecule has 0 spiro atoms. The van der Waals surface area contributed by atoms with Gasteiger partial charge in [0.1, 0.15) is 6.61 Å². The number of hydrogen-bond acceptors (Lipinski definition) is 4. The Bertz CT molecular complexity index is 1020. The molecule has 0 aromatic heterocycles. The van der Waals surface area contributed by atoms with Crippen LogP contribution < -0.4 is 5.32 Å². The van der Waals surface area contributed by atoms with Crippen molar-refractivity contribution in [1.82, 2.24) is 10.2 Å². The maximum atomic E-state index is 12.5. The molecule has 1 fully saturated rings. The lowest BCUT2D eigenvalue weighted by atomic mass is 9.81. The van der Waals surface area contributed by atoms with E-state index in [1.807, 2.05) is 31.2 Å². The van der Waals surface area contributed by atoms with Crippen LogP contribution in [0.1, 0.15) is 43.7 Å². The maximum Gasteiger partial charge on any atom is 0.407 e. The van der Waals surface area contributed by atoms with Gasteiger partial charge in [0.15, 0.2) is 0 Å². The fraction of sp³-hybridized carbons (Fsp3) is 0.423. The molecule has 1 heterocycles. The van der Waals surface area contributed by atoms with Gasteiger partial charge in [0.05, 0.1) is 5.41 Å². The summed E-state index contributed by atoms with van der Waals surface area (Å²) < 4.78 is 5.50. The highest BCUT2D eigenvalue weighted by atomic mass is 16.5. The second-order valence-corrected chi connectivity index (χ2v) is 9.25. The minimum Gasteiger partial charge on any atom is -0.481 e. The van der Waals surface area contributed by atoms with Crippen molar-refractivity contribution >= 4 is 18.0 Å². The Kier molecular flexibility index (Phi) is 6.40. The molecule has 0 unspecified atom stereocenters. The number of benzene rings is 2. The molecule has 1 aliphatic carbocycles. The molecule has 0 saturated carbocycles. The first-order valence-corrected chi connectivity index (χ1v) is 11.4. The van der Waals surface area contributed by atoms with E-state index in [4.69, 9.17) is 4.74 Å². The third kappa shape index (κ3) is 4.45. The summed E-state index contributed by atoms with van der Waals surface area (Å²) in [6, 6.07) is 16.3. The molecule has 2 amide bonds. The van der Waals surface area contributed by atoms with Gasteiger partial charge >= 0.3 is 12.1 Å². The number of nitrogens with one attached hydrogen (secondary N) is 1. The molecule has 2 aliphatic rings. The van der Waals surface area contributed by atoms with Crippen molar-refractivity contribution in [3.63, 3.8) is 0 Å². The molecule has 7 heteroatoms. The van der Waals surface area contributed by atoms with Crippen molar-refractivity contribution in [3.8, 4) is 11.1 Å². The second-order valence-electron chi connectivity index (χ2n) is 9.25. The predicted molar refractivity (Wildman–Crippen MR) is 124 cm³/mol. The quantitative estimate of drug-likeness (QED) is 0.624. The van der Waals surface area contributed by atoms with Gasteiger partial charge in [-0.1, -0.05) is 55.5 Å². The van der Waals surface area contributed by atoms with Crippen LogP contribution in [0.4, 0.5) is 4.79 Å². The number of carboxylic acid groups (broad SMARTS) is 1. The first-order chi connectivity index (χ1) is 15.8. The molecule has 2 N–H and O–H groups in total. The Balaban J connectivity index is 1.22. The van der Waals surface area contributed by atoms with E-state index in [0.717, 1.165) is 11.1 Å². The van der Waals surface area contributed by atoms with Crippen LogP contribution in [0.15, 0.2) is 48.5 Å². The SMILES string of the molecule is C[C@@H]1CN(C(=O)CCCNC(=O)OCC2c3ccccc3-c3ccccc32)C[C@@]1(C)C(=O)O. The molecule has 7 nitrogen and oxygen atoms in total. The number of nitrogens with zero attached hydrogens (tertiary/aromatic N) is 1. The number of hydrogen-bond donors (Lipinski definition) is 2. The summed E-state index contributed by atoms with van der Waals surface area (Å²) in [5, 5.41) is 12.2. The van der Waals surface area contributed by atoms with Gasteiger partial charge in [0.2, 0.25) is 5.91 Å². The van der Waals surface area contributed by atoms with Crippen molar-refractivity contribution in [1.29, 1.82) is 0 Å². The predicted octanol–water partition coefficient (Wildman–Crippen LogP) is 3.87. The number of aliphatic carboxylic acids is 1. The van der Waals surface area contributed by atoms with Crippen LogP contribution in [0.3, 0.4) is 0 Å². The normalized spacial score (nSPS) is 21.4. The lowest BCUT2D eigenvalue weighted by molar-refractivity contribution is -0.149. The summed E-state index contributed by atoms with van der Waals surface area (Å²) in [4.78, 5) is 37.9. The maximum absolute atomic E-state index is 12.5. The molecule has 4 rings (SSSR count). The minimum atomic E-state index is -0.908. The molecule has 2 aromatic carbocycles. The van der Waals surface area contributed by atoms with Gasteiger partial charge in [-0.25, -0.2) is 4.79 Å². The Labute approximate surface area is 193 Å². The van der Waals surface area contributed by atoms with Crippen LogP contribution >= 0.6 is 0 Å². The number of carbonyl (C=O) groups excluding carboxylic acids is 2. The second kappa shape index (κ2) is 9.25. The number of carboxylic acids is 1. The summed E-state index contributed by atoms with van der Waals surface area (Å²) >= 11 is 0. The molecule has 1 saturated heterocycles. The first-order valence-electron chi connectivity index (χ1n) is 11.4. The number of fused-ring (bicyclic) bond motifs is 3. The van der Waals surface area contributed by atoms with E-state index in [1.165, 1.54) is 11.1 Å². The zero-order chi connectivity index (χ0) is 23.6. The summed E-state index contributed by atoms with van der Waals surface area (Å²) in [6.45, 7) is 4.79. The molecule has 0 bridgehead atoms. The lowest BCUT2D eigenvalue weighted by Gasteiger charge is -2.22. The van der Waals surface area contributed by atoms with E-state index < -0.39 is 17.5 Å². The van der Waals surface area contributed by atoms with Gasteiger partial charge < -0.3 is 20.1 Å². The Morgan fingerprint density at radius 3 is 2.27 bits per heavy atom. The zero-order valence-electron chi connectivity index (χ0n) is 19.0. The van der Waals surface area contributed by atoms with Gasteiger partial charge in [-0.05, 0) is 41.5 Å². The Morgan fingerprint density at radius 1 is 1.09 bits per heavy atom. The molecule has 2 aromatic rings. The fourth-order valence-corrected chi connectivity index (χ4v) is 4.85. The molecule has 33 heavy (non-hydrogen) atoms. The van der Waals surface area contributed by atoms with Crippen LogP contribution in [0.5, 0.6) is 0 Å². The molecular formula is C26H30N2O5. The number of alkyl carbamates (subject to hydrolysis) is 1. The van der Waals surface area contributed by atoms with Crippen molar-refractivity contribution in [2.75, 3.05) is 26.2 Å². The van der Waals surface area contributed by atoms with Gasteiger partial charge in [-0.3, -0.25) is 9.59 Å². The zero-order valence-corrected chi connectivity index (χ0v) is 19.0. The molecule has 1 aliphatic heterocycles. The van der Waals surface area contributed by atoms with E-state index in [0.29, 0.717) is 19.5 Å². The molecule has 0 radical (unpaired) electrons. The largest absolute Gasteiger partial charge is 0.481 e. The van der Waals surface area contributed by atoms with E-state index >= 15 is 0 Å². The number of likely N-dealkylation sites (tertiary alicyclic amines) is 1. The Hall–Kier alpha value is -3.35. The van der Waals surface area contributed by atoms with E-state index in [9.17, 15) is 19.5 Å². The number of amides is 2. The van der Waals surface area contributed by atoms with Crippen molar-refractivity contribution < 1.29 is 24.2 Å². The van der Waals surface area contributed by atoms with Gasteiger partial charge in [0.25, 0.3) is 0 Å². The van der Waals surface area contributed by atoms with Crippen molar-refractivity contribution in [3.05, 3.63) is 59.7 Å². The third-order valence-electron chi connectivity index (χ3n) is 7.12. The smallest absolute Gasteiger partial charge is 0.407 e. The third-order valence-corrected chi connectivity index (χ3v) is 7.12. The topological polar surface area (TPSA) is 95.9 Å². The number of rotatable bonds is 7. The molecule has 174 valence electrons. The number of carbonyl (C=O) groups is 3. The highest BCUT2D eigenvalue weighted by Crippen LogP contribution is 2.44. The lowest BCUT2D eigenvalue weighted by Crippen LogP contribution is -2.36. The van der Waals surface area contributed by atoms with Crippen molar-refractivity contribution in [2.24, 2.45) is 11.3 Å². The number of ether oxygens (including phenoxy) is 1. The first kappa shape index (κ1) is 22.8. The average Bonchev–Trinajstić information content (AvgIpc) is 3.30. The molecule has 2 atom stereocenters. The summed E-state index contributed by atoms with van der Waals surface area (Å²) in [6.07, 6.45) is 0.224. The summed E-state index contributed by atoms with van der Waals surface area (Å²) in [5.74, 6) is -1.05. The fourth-order valence-electron chi connectivity index (χ4n) is 4.85. The van der Waals surface area contributed by atoms with Gasteiger partial charge in [-0.2, -0.15) is 0 Å². The van der Waals surface area contributed by atoms with Crippen LogP contribution in [0.2, 0.25) is 0 Å². The van der Waals surface area contributed by atoms with Crippen LogP contribution in [0.25, 0.3) is 11.1 Å². The standard InChI is InChI=1S/C26H30N2O5/c1-17-14-28(16-26(17,2)24(30)31)23(29)12-7-13-27-25(32)33-15-22-20-10-5-3-8-18(20)19-9-4-6-11-21(19)22/h3-6,8-11,17,22H,7,12-16H2,1-2H3,(H,27,32)(H,30,31)/t17-,26-/m1/s1. The summed E-state index contributed by atoms with van der Waals surface area (Å²) in [7, 11) is 0. The van der Waals surface area contributed by atoms with Crippen LogP contribution in [-0.4, -0.2) is 54.2 Å². The highest BCUT2D eigenvalue weighted by Gasteiger charge is 2.47.